The molecule has 2 amide bonds. The number of amides is 2. The van der Waals surface area contributed by atoms with Crippen molar-refractivity contribution in [3.8, 4) is 0 Å². The molecule has 0 aromatic heterocycles. The van der Waals surface area contributed by atoms with E-state index in [1.54, 1.807) is 52.2 Å². The van der Waals surface area contributed by atoms with Crippen LogP contribution in [0.2, 0.25) is 0 Å². The van der Waals surface area contributed by atoms with Gasteiger partial charge in [-0.15, -0.1) is 0 Å². The topological polar surface area (TPSA) is 86.7 Å². The Morgan fingerprint density at radius 1 is 1.18 bits per heavy atom. The molecule has 22 heavy (non-hydrogen) atoms. The molecule has 0 radical (unpaired) electrons. The molecule has 6 nitrogen and oxygen atoms in total. The number of carbonyl (C=O) groups excluding carboxylic acids is 2. The average molecular weight is 306 g/mol. The molecule has 0 fully saturated rings. The van der Waals surface area contributed by atoms with Gasteiger partial charge in [-0.2, -0.15) is 0 Å². The van der Waals surface area contributed by atoms with Crippen molar-refractivity contribution in [2.75, 3.05) is 19.4 Å². The Morgan fingerprint density at radius 2 is 1.82 bits per heavy atom. The summed E-state index contributed by atoms with van der Waals surface area (Å²) in [7, 11) is 3.31. The first kappa shape index (κ1) is 17.7. The van der Waals surface area contributed by atoms with Crippen LogP contribution in [0.3, 0.4) is 0 Å². The second kappa shape index (κ2) is 7.06. The van der Waals surface area contributed by atoms with Crippen LogP contribution in [0.4, 0.5) is 5.69 Å². The first-order chi connectivity index (χ1) is 10.1. The normalized spacial score (nSPS) is 10.9. The maximum absolute atomic E-state index is 12.0. The molecule has 120 valence electrons. The summed E-state index contributed by atoms with van der Waals surface area (Å²) in [6.45, 7) is 3.46. The molecule has 1 rings (SSSR count). The molecule has 0 unspecified atom stereocenters. The number of hydrogen-bond acceptors (Lipinski definition) is 3. The van der Waals surface area contributed by atoms with Crippen LogP contribution in [-0.4, -0.2) is 41.9 Å². The Hall–Kier alpha value is -2.37. The minimum atomic E-state index is -0.934. The number of carboxylic acid groups (broad SMARTS) is 1. The Bertz CT molecular complexity index is 579. The van der Waals surface area contributed by atoms with Crippen molar-refractivity contribution >= 4 is 23.5 Å². The number of benzene rings is 1. The largest absolute Gasteiger partial charge is 0.481 e. The van der Waals surface area contributed by atoms with Gasteiger partial charge in [-0.25, -0.2) is 0 Å². The molecule has 0 bridgehead atoms. The van der Waals surface area contributed by atoms with E-state index in [-0.39, 0.29) is 24.7 Å². The standard InChI is InChI=1S/C16H22N2O4/c1-16(2,10-14(20)21)9-13(19)17-12-7-5-6-11(8-12)15(22)18(3)4/h5-8H,9-10H2,1-4H3,(H,17,19)(H,20,21). The summed E-state index contributed by atoms with van der Waals surface area (Å²) in [6.07, 6.45) is 0.00469. The Kier molecular flexibility index (Phi) is 5.68. The molecule has 0 aliphatic rings. The van der Waals surface area contributed by atoms with Crippen molar-refractivity contribution in [2.45, 2.75) is 26.7 Å². The lowest BCUT2D eigenvalue weighted by molar-refractivity contribution is -0.139. The van der Waals surface area contributed by atoms with Crippen molar-refractivity contribution < 1.29 is 19.5 Å². The number of nitrogens with one attached hydrogen (secondary N) is 1. The van der Waals surface area contributed by atoms with Crippen LogP contribution in [0.15, 0.2) is 24.3 Å². The molecular weight excluding hydrogens is 284 g/mol. The van der Waals surface area contributed by atoms with Gasteiger partial charge in [0.25, 0.3) is 5.91 Å². The summed E-state index contributed by atoms with van der Waals surface area (Å²) in [4.78, 5) is 36.1. The molecule has 0 aliphatic heterocycles. The van der Waals surface area contributed by atoms with E-state index in [4.69, 9.17) is 5.11 Å². The third-order valence-electron chi connectivity index (χ3n) is 3.07. The van der Waals surface area contributed by atoms with Gasteiger partial charge in [0.15, 0.2) is 0 Å². The minimum Gasteiger partial charge on any atom is -0.481 e. The van der Waals surface area contributed by atoms with E-state index in [1.807, 2.05) is 0 Å². The van der Waals surface area contributed by atoms with Crippen LogP contribution in [-0.2, 0) is 9.59 Å². The third-order valence-corrected chi connectivity index (χ3v) is 3.07. The molecule has 0 aliphatic carbocycles. The number of aliphatic carboxylic acids is 1. The fourth-order valence-electron chi connectivity index (χ4n) is 2.10. The zero-order chi connectivity index (χ0) is 16.9. The van der Waals surface area contributed by atoms with Crippen LogP contribution < -0.4 is 5.32 Å². The summed E-state index contributed by atoms with van der Waals surface area (Å²) in [5.74, 6) is -1.36. The molecule has 1 aromatic rings. The van der Waals surface area contributed by atoms with Gasteiger partial charge < -0.3 is 15.3 Å². The Morgan fingerprint density at radius 3 is 2.36 bits per heavy atom. The monoisotopic (exact) mass is 306 g/mol. The number of rotatable bonds is 6. The van der Waals surface area contributed by atoms with Crippen molar-refractivity contribution in [2.24, 2.45) is 5.41 Å². The first-order valence-electron chi connectivity index (χ1n) is 6.94. The maximum atomic E-state index is 12.0. The molecular formula is C16H22N2O4. The Labute approximate surface area is 130 Å². The zero-order valence-corrected chi connectivity index (χ0v) is 13.3. The lowest BCUT2D eigenvalue weighted by atomic mass is 9.85. The highest BCUT2D eigenvalue weighted by Crippen LogP contribution is 2.25. The predicted octanol–water partition coefficient (Wildman–Crippen LogP) is 2.22. The molecule has 0 saturated heterocycles. The van der Waals surface area contributed by atoms with Crippen LogP contribution >= 0.6 is 0 Å². The van der Waals surface area contributed by atoms with Gasteiger partial charge >= 0.3 is 5.97 Å². The number of anilines is 1. The minimum absolute atomic E-state index is 0.0838. The molecule has 0 heterocycles. The van der Waals surface area contributed by atoms with Gasteiger partial charge in [0, 0.05) is 31.8 Å². The van der Waals surface area contributed by atoms with E-state index in [0.29, 0.717) is 11.3 Å². The maximum Gasteiger partial charge on any atom is 0.303 e. The fourth-order valence-corrected chi connectivity index (χ4v) is 2.10. The van der Waals surface area contributed by atoms with Crippen LogP contribution in [0.1, 0.15) is 37.0 Å². The molecule has 0 saturated carbocycles. The van der Waals surface area contributed by atoms with Crippen molar-refractivity contribution in [3.63, 3.8) is 0 Å². The van der Waals surface area contributed by atoms with Gasteiger partial charge in [0.2, 0.25) is 5.91 Å². The molecule has 1 aromatic carbocycles. The SMILES string of the molecule is CN(C)C(=O)c1cccc(NC(=O)CC(C)(C)CC(=O)O)c1. The third kappa shape index (κ3) is 5.55. The summed E-state index contributed by atoms with van der Waals surface area (Å²) >= 11 is 0. The highest BCUT2D eigenvalue weighted by Gasteiger charge is 2.25. The van der Waals surface area contributed by atoms with Crippen LogP contribution in [0, 0.1) is 5.41 Å². The lowest BCUT2D eigenvalue weighted by Gasteiger charge is -2.21. The van der Waals surface area contributed by atoms with Gasteiger partial charge in [0.1, 0.15) is 0 Å². The average Bonchev–Trinajstić information content (AvgIpc) is 2.35. The van der Waals surface area contributed by atoms with Gasteiger partial charge in [0.05, 0.1) is 6.42 Å². The van der Waals surface area contributed by atoms with Gasteiger partial charge in [-0.1, -0.05) is 19.9 Å². The summed E-state index contributed by atoms with van der Waals surface area (Å²) in [5.41, 5.74) is 0.365. The second-order valence-corrected chi connectivity index (χ2v) is 6.24. The summed E-state index contributed by atoms with van der Waals surface area (Å²) in [6, 6.07) is 6.65. The number of nitrogens with zero attached hydrogens (tertiary/aromatic N) is 1. The van der Waals surface area contributed by atoms with Crippen LogP contribution in [0.5, 0.6) is 0 Å². The van der Waals surface area contributed by atoms with E-state index in [9.17, 15) is 14.4 Å². The van der Waals surface area contributed by atoms with Crippen molar-refractivity contribution in [1.29, 1.82) is 0 Å². The fraction of sp³-hybridized carbons (Fsp3) is 0.438. The van der Waals surface area contributed by atoms with Gasteiger partial charge in [-0.05, 0) is 23.6 Å². The summed E-state index contributed by atoms with van der Waals surface area (Å²) in [5, 5.41) is 11.5. The van der Waals surface area contributed by atoms with E-state index >= 15 is 0 Å². The lowest BCUT2D eigenvalue weighted by Crippen LogP contribution is -2.25. The second-order valence-electron chi connectivity index (χ2n) is 6.24. The van der Waals surface area contributed by atoms with E-state index in [0.717, 1.165) is 0 Å². The molecule has 0 spiro atoms. The van der Waals surface area contributed by atoms with E-state index < -0.39 is 11.4 Å². The first-order valence-corrected chi connectivity index (χ1v) is 6.94. The smallest absolute Gasteiger partial charge is 0.303 e. The molecule has 0 atom stereocenters. The van der Waals surface area contributed by atoms with Crippen molar-refractivity contribution in [3.05, 3.63) is 29.8 Å². The van der Waals surface area contributed by atoms with Gasteiger partial charge in [-0.3, -0.25) is 14.4 Å². The van der Waals surface area contributed by atoms with Crippen molar-refractivity contribution in [1.82, 2.24) is 4.90 Å². The zero-order valence-electron chi connectivity index (χ0n) is 13.3. The van der Waals surface area contributed by atoms with Crippen LogP contribution in [0.25, 0.3) is 0 Å². The quantitative estimate of drug-likeness (QED) is 0.843. The predicted molar refractivity (Wildman–Crippen MR) is 83.7 cm³/mol. The molecule has 2 N–H and O–H groups in total. The highest BCUT2D eigenvalue weighted by molar-refractivity contribution is 5.97. The van der Waals surface area contributed by atoms with E-state index in [1.165, 1.54) is 4.90 Å². The Balaban J connectivity index is 2.75. The number of carbonyl (C=O) groups is 3. The molecule has 6 heteroatoms. The van der Waals surface area contributed by atoms with E-state index in [2.05, 4.69) is 5.32 Å². The summed E-state index contributed by atoms with van der Waals surface area (Å²) < 4.78 is 0. The number of hydrogen-bond donors (Lipinski definition) is 2. The highest BCUT2D eigenvalue weighted by atomic mass is 16.4. The number of carboxylic acids is 1.